The van der Waals surface area contributed by atoms with Crippen molar-refractivity contribution in [2.24, 2.45) is 0 Å². The van der Waals surface area contributed by atoms with Crippen LogP contribution < -0.4 is 0 Å². The second-order valence-corrected chi connectivity index (χ2v) is 6.14. The lowest BCUT2D eigenvalue weighted by Gasteiger charge is -2.37. The van der Waals surface area contributed by atoms with Gasteiger partial charge in [0.25, 0.3) is 0 Å². The summed E-state index contributed by atoms with van der Waals surface area (Å²) in [5.74, 6) is 0. The van der Waals surface area contributed by atoms with E-state index in [0.29, 0.717) is 19.6 Å². The fraction of sp³-hybridized carbons (Fsp3) is 0.400. The molecule has 0 unspecified atom stereocenters. The molecule has 2 aromatic carbocycles. The van der Waals surface area contributed by atoms with Crippen LogP contribution in [0.5, 0.6) is 0 Å². The van der Waals surface area contributed by atoms with Crippen LogP contribution in [0.25, 0.3) is 0 Å². The van der Waals surface area contributed by atoms with Gasteiger partial charge in [-0.3, -0.25) is 0 Å². The summed E-state index contributed by atoms with van der Waals surface area (Å²) in [4.78, 5) is 0. The molecule has 4 nitrogen and oxygen atoms in total. The fourth-order valence-electron chi connectivity index (χ4n) is 2.84. The van der Waals surface area contributed by atoms with E-state index >= 15 is 0 Å². The molecule has 0 aliphatic carbocycles. The molecule has 0 bridgehead atoms. The Bertz CT molecular complexity index is 548. The van der Waals surface area contributed by atoms with Gasteiger partial charge in [0.15, 0.2) is 6.29 Å². The van der Waals surface area contributed by atoms with Crippen LogP contribution in [0.15, 0.2) is 60.7 Å². The Balaban J connectivity index is 1.53. The average Bonchev–Trinajstić information content (AvgIpc) is 2.62. The van der Waals surface area contributed by atoms with Gasteiger partial charge in [-0.15, -0.1) is 0 Å². The summed E-state index contributed by atoms with van der Waals surface area (Å²) in [5.41, 5.74) is 2.20. The molecule has 0 aromatic heterocycles. The molecule has 24 heavy (non-hydrogen) atoms. The molecule has 128 valence electrons. The topological polar surface area (TPSA) is 47.9 Å². The van der Waals surface area contributed by atoms with E-state index in [1.54, 1.807) is 0 Å². The van der Waals surface area contributed by atoms with Gasteiger partial charge in [0.05, 0.1) is 25.4 Å². The first-order chi connectivity index (χ1) is 11.7. The van der Waals surface area contributed by atoms with E-state index in [2.05, 4.69) is 0 Å². The van der Waals surface area contributed by atoms with Gasteiger partial charge in [0, 0.05) is 6.42 Å². The number of hydrogen-bond acceptors (Lipinski definition) is 4. The van der Waals surface area contributed by atoms with Crippen LogP contribution in [0.2, 0.25) is 0 Å². The van der Waals surface area contributed by atoms with Crippen molar-refractivity contribution in [3.63, 3.8) is 0 Å². The van der Waals surface area contributed by atoms with E-state index in [9.17, 15) is 5.11 Å². The summed E-state index contributed by atoms with van der Waals surface area (Å²) in [5, 5.41) is 10.1. The van der Waals surface area contributed by atoms with E-state index in [-0.39, 0.29) is 18.3 Å². The lowest BCUT2D eigenvalue weighted by molar-refractivity contribution is -0.262. The van der Waals surface area contributed by atoms with E-state index in [1.807, 2.05) is 67.6 Å². The van der Waals surface area contributed by atoms with Gasteiger partial charge >= 0.3 is 0 Å². The number of aliphatic hydroxyl groups is 1. The van der Waals surface area contributed by atoms with Crippen LogP contribution in [0.4, 0.5) is 0 Å². The van der Waals surface area contributed by atoms with Crippen molar-refractivity contribution in [2.45, 2.75) is 51.2 Å². The standard InChI is InChI=1S/C20H24O4/c1-15-18(22-13-16-8-4-2-5-9-16)12-19(20(21)24-15)23-14-17-10-6-3-7-11-17/h2-11,15,18-21H,12-14H2,1H3/t15-,18-,19-,20+/m1/s1. The van der Waals surface area contributed by atoms with Crippen molar-refractivity contribution >= 4 is 0 Å². The number of hydrogen-bond donors (Lipinski definition) is 1. The third kappa shape index (κ3) is 4.65. The van der Waals surface area contributed by atoms with Crippen molar-refractivity contribution < 1.29 is 19.3 Å². The van der Waals surface area contributed by atoms with E-state index < -0.39 is 6.29 Å². The van der Waals surface area contributed by atoms with Crippen LogP contribution in [-0.4, -0.2) is 29.7 Å². The minimum atomic E-state index is -0.916. The van der Waals surface area contributed by atoms with Gasteiger partial charge in [-0.05, 0) is 18.1 Å². The molecular formula is C20H24O4. The van der Waals surface area contributed by atoms with Crippen molar-refractivity contribution in [3.8, 4) is 0 Å². The normalized spacial score (nSPS) is 27.1. The highest BCUT2D eigenvalue weighted by atomic mass is 16.7. The van der Waals surface area contributed by atoms with Crippen molar-refractivity contribution in [1.82, 2.24) is 0 Å². The zero-order chi connectivity index (χ0) is 16.8. The van der Waals surface area contributed by atoms with E-state index in [4.69, 9.17) is 14.2 Å². The molecule has 1 saturated heterocycles. The number of ether oxygens (including phenoxy) is 3. The number of rotatable bonds is 6. The molecule has 1 aliphatic rings. The molecule has 1 N–H and O–H groups in total. The predicted molar refractivity (Wildman–Crippen MR) is 91.2 cm³/mol. The summed E-state index contributed by atoms with van der Waals surface area (Å²) in [6, 6.07) is 20.0. The van der Waals surface area contributed by atoms with Gasteiger partial charge in [-0.1, -0.05) is 60.7 Å². The molecule has 4 atom stereocenters. The van der Waals surface area contributed by atoms with Crippen molar-refractivity contribution in [3.05, 3.63) is 71.8 Å². The van der Waals surface area contributed by atoms with Gasteiger partial charge in [-0.2, -0.15) is 0 Å². The Morgan fingerprint density at radius 3 is 1.92 bits per heavy atom. The monoisotopic (exact) mass is 328 g/mol. The molecule has 0 saturated carbocycles. The highest BCUT2D eigenvalue weighted by Gasteiger charge is 2.36. The molecule has 1 aliphatic heterocycles. The molecule has 2 aromatic rings. The summed E-state index contributed by atoms with van der Waals surface area (Å²) in [6.45, 7) is 2.90. The van der Waals surface area contributed by atoms with Crippen LogP contribution in [0.3, 0.4) is 0 Å². The average molecular weight is 328 g/mol. The summed E-state index contributed by atoms with van der Waals surface area (Å²) < 4.78 is 17.4. The number of benzene rings is 2. The Labute approximate surface area is 143 Å². The maximum absolute atomic E-state index is 10.1. The van der Waals surface area contributed by atoms with Crippen LogP contribution in [0, 0.1) is 0 Å². The van der Waals surface area contributed by atoms with Crippen molar-refractivity contribution in [2.75, 3.05) is 0 Å². The molecule has 0 amide bonds. The minimum absolute atomic E-state index is 0.102. The predicted octanol–water partition coefficient (Wildman–Crippen LogP) is 3.28. The highest BCUT2D eigenvalue weighted by Crippen LogP contribution is 2.25. The Hall–Kier alpha value is -1.72. The Kier molecular flexibility index (Phi) is 5.99. The fourth-order valence-corrected chi connectivity index (χ4v) is 2.84. The van der Waals surface area contributed by atoms with Crippen LogP contribution >= 0.6 is 0 Å². The van der Waals surface area contributed by atoms with Gasteiger partial charge in [0.1, 0.15) is 6.10 Å². The second kappa shape index (κ2) is 8.40. The molecule has 1 fully saturated rings. The van der Waals surface area contributed by atoms with Gasteiger partial charge in [0.2, 0.25) is 0 Å². The van der Waals surface area contributed by atoms with E-state index in [0.717, 1.165) is 11.1 Å². The first-order valence-corrected chi connectivity index (χ1v) is 8.37. The molecule has 4 heteroatoms. The lowest BCUT2D eigenvalue weighted by atomic mass is 10.0. The molecule has 0 spiro atoms. The first kappa shape index (κ1) is 17.1. The largest absolute Gasteiger partial charge is 0.371 e. The van der Waals surface area contributed by atoms with Crippen LogP contribution in [0.1, 0.15) is 24.5 Å². The zero-order valence-corrected chi connectivity index (χ0v) is 13.9. The Morgan fingerprint density at radius 2 is 1.38 bits per heavy atom. The van der Waals surface area contributed by atoms with Gasteiger partial charge < -0.3 is 19.3 Å². The highest BCUT2D eigenvalue weighted by molar-refractivity contribution is 5.14. The minimum Gasteiger partial charge on any atom is -0.371 e. The van der Waals surface area contributed by atoms with Crippen LogP contribution in [-0.2, 0) is 27.4 Å². The van der Waals surface area contributed by atoms with E-state index in [1.165, 1.54) is 0 Å². The lowest BCUT2D eigenvalue weighted by Crippen LogP contribution is -2.48. The third-order valence-corrected chi connectivity index (χ3v) is 4.27. The quantitative estimate of drug-likeness (QED) is 0.884. The maximum atomic E-state index is 10.1. The summed E-state index contributed by atoms with van der Waals surface area (Å²) in [6.07, 6.45) is -0.959. The molecule has 3 rings (SSSR count). The van der Waals surface area contributed by atoms with Gasteiger partial charge in [-0.25, -0.2) is 0 Å². The Morgan fingerprint density at radius 1 is 0.875 bits per heavy atom. The molecular weight excluding hydrogens is 304 g/mol. The first-order valence-electron chi connectivity index (χ1n) is 8.37. The molecule has 0 radical (unpaired) electrons. The SMILES string of the molecule is C[C@H]1O[C@H](O)[C@H](OCc2ccccc2)C[C@H]1OCc1ccccc1. The third-order valence-electron chi connectivity index (χ3n) is 4.27. The number of aliphatic hydroxyl groups excluding tert-OH is 1. The van der Waals surface area contributed by atoms with Crippen molar-refractivity contribution in [1.29, 1.82) is 0 Å². The summed E-state index contributed by atoms with van der Waals surface area (Å²) in [7, 11) is 0. The molecule has 1 heterocycles. The smallest absolute Gasteiger partial charge is 0.181 e. The second-order valence-electron chi connectivity index (χ2n) is 6.14. The summed E-state index contributed by atoms with van der Waals surface area (Å²) >= 11 is 0. The zero-order valence-electron chi connectivity index (χ0n) is 13.9. The maximum Gasteiger partial charge on any atom is 0.181 e.